The van der Waals surface area contributed by atoms with Crippen LogP contribution in [-0.4, -0.2) is 12.1 Å². The number of hydrogen-bond donors (Lipinski definition) is 0. The van der Waals surface area contributed by atoms with E-state index in [9.17, 15) is 4.79 Å². The molecule has 0 radical (unpaired) electrons. The van der Waals surface area contributed by atoms with Gasteiger partial charge >= 0.3 is 5.97 Å². The summed E-state index contributed by atoms with van der Waals surface area (Å²) in [4.78, 5) is 11.7. The molecule has 0 bridgehead atoms. The second-order valence-electron chi connectivity index (χ2n) is 7.04. The minimum atomic E-state index is -0.0400. The van der Waals surface area contributed by atoms with E-state index in [2.05, 4.69) is 13.5 Å². The number of allylic oxidation sites excluding steroid dienone is 1. The van der Waals surface area contributed by atoms with Crippen molar-refractivity contribution in [3.05, 3.63) is 12.7 Å². The number of esters is 1. The van der Waals surface area contributed by atoms with E-state index in [4.69, 9.17) is 4.74 Å². The standard InChI is InChI=1S/C19H32O2/c1-3-5-6-19(20)21-18-13-11-17(12-14-18)16-9-7-15(4-2)8-10-16/h3,15-18H,1,4-14H2,2H3. The van der Waals surface area contributed by atoms with Gasteiger partial charge < -0.3 is 4.74 Å². The summed E-state index contributed by atoms with van der Waals surface area (Å²) in [5.41, 5.74) is 0. The van der Waals surface area contributed by atoms with Gasteiger partial charge in [0.2, 0.25) is 0 Å². The van der Waals surface area contributed by atoms with Crippen molar-refractivity contribution in [1.29, 1.82) is 0 Å². The number of carbonyl (C=O) groups excluding carboxylic acids is 1. The lowest BCUT2D eigenvalue weighted by Crippen LogP contribution is -2.29. The van der Waals surface area contributed by atoms with Crippen LogP contribution in [-0.2, 0) is 9.53 Å². The predicted octanol–water partition coefficient (Wildman–Crippen LogP) is 5.27. The van der Waals surface area contributed by atoms with Gasteiger partial charge in [0.05, 0.1) is 0 Å². The lowest BCUT2D eigenvalue weighted by molar-refractivity contribution is -0.151. The SMILES string of the molecule is C=CCCC(=O)OC1CCC(C2CCC(CC)CC2)CC1. The minimum Gasteiger partial charge on any atom is -0.462 e. The molecular formula is C19H32O2. The molecule has 2 aliphatic carbocycles. The van der Waals surface area contributed by atoms with E-state index in [-0.39, 0.29) is 12.1 Å². The highest BCUT2D eigenvalue weighted by atomic mass is 16.5. The van der Waals surface area contributed by atoms with E-state index in [1.807, 2.05) is 0 Å². The number of hydrogen-bond acceptors (Lipinski definition) is 2. The molecule has 0 saturated heterocycles. The molecule has 0 aromatic heterocycles. The van der Waals surface area contributed by atoms with Gasteiger partial charge in [-0.05, 0) is 62.7 Å². The monoisotopic (exact) mass is 292 g/mol. The van der Waals surface area contributed by atoms with Crippen LogP contribution in [0.3, 0.4) is 0 Å². The number of carbonyl (C=O) groups is 1. The Labute approximate surface area is 130 Å². The Balaban J connectivity index is 1.66. The Morgan fingerprint density at radius 2 is 1.62 bits per heavy atom. The molecule has 2 heteroatoms. The van der Waals surface area contributed by atoms with E-state index in [0.717, 1.165) is 37.0 Å². The van der Waals surface area contributed by atoms with Crippen molar-refractivity contribution in [2.24, 2.45) is 17.8 Å². The van der Waals surface area contributed by atoms with Gasteiger partial charge in [-0.25, -0.2) is 0 Å². The van der Waals surface area contributed by atoms with Gasteiger partial charge in [-0.1, -0.05) is 32.3 Å². The van der Waals surface area contributed by atoms with Crippen molar-refractivity contribution in [2.45, 2.75) is 83.7 Å². The van der Waals surface area contributed by atoms with Crippen molar-refractivity contribution in [2.75, 3.05) is 0 Å². The summed E-state index contributed by atoms with van der Waals surface area (Å²) in [5, 5.41) is 0. The van der Waals surface area contributed by atoms with Gasteiger partial charge in [-0.2, -0.15) is 0 Å². The van der Waals surface area contributed by atoms with Crippen LogP contribution < -0.4 is 0 Å². The lowest BCUT2D eigenvalue weighted by Gasteiger charge is -2.37. The highest BCUT2D eigenvalue weighted by Gasteiger charge is 2.31. The molecule has 0 amide bonds. The third kappa shape index (κ3) is 5.16. The van der Waals surface area contributed by atoms with Crippen molar-refractivity contribution in [3.63, 3.8) is 0 Å². The molecular weight excluding hydrogens is 260 g/mol. The van der Waals surface area contributed by atoms with Gasteiger partial charge in [0.25, 0.3) is 0 Å². The van der Waals surface area contributed by atoms with E-state index < -0.39 is 0 Å². The maximum absolute atomic E-state index is 11.7. The summed E-state index contributed by atoms with van der Waals surface area (Å²) in [6.45, 7) is 5.98. The molecule has 0 unspecified atom stereocenters. The molecule has 0 spiro atoms. The fourth-order valence-corrected chi connectivity index (χ4v) is 4.21. The van der Waals surface area contributed by atoms with Crippen LogP contribution in [0.1, 0.15) is 77.6 Å². The molecule has 2 rings (SSSR count). The first-order chi connectivity index (χ1) is 10.2. The van der Waals surface area contributed by atoms with Crippen LogP contribution in [0, 0.1) is 17.8 Å². The second-order valence-corrected chi connectivity index (χ2v) is 7.04. The zero-order chi connectivity index (χ0) is 15.1. The van der Waals surface area contributed by atoms with Crippen LogP contribution in [0.4, 0.5) is 0 Å². The third-order valence-corrected chi connectivity index (χ3v) is 5.70. The van der Waals surface area contributed by atoms with Crippen LogP contribution >= 0.6 is 0 Å². The first-order valence-electron chi connectivity index (χ1n) is 9.03. The normalized spacial score (nSPS) is 33.4. The molecule has 0 N–H and O–H groups in total. The van der Waals surface area contributed by atoms with Crippen LogP contribution in [0.25, 0.3) is 0 Å². The highest BCUT2D eigenvalue weighted by molar-refractivity contribution is 5.69. The quantitative estimate of drug-likeness (QED) is 0.492. The number of rotatable bonds is 6. The average molecular weight is 292 g/mol. The van der Waals surface area contributed by atoms with Gasteiger partial charge in [-0.3, -0.25) is 4.79 Å². The molecule has 2 aliphatic rings. The van der Waals surface area contributed by atoms with E-state index in [1.165, 1.54) is 44.9 Å². The van der Waals surface area contributed by atoms with Gasteiger partial charge in [0, 0.05) is 6.42 Å². The topological polar surface area (TPSA) is 26.3 Å². The summed E-state index contributed by atoms with van der Waals surface area (Å²) in [5.74, 6) is 2.79. The fourth-order valence-electron chi connectivity index (χ4n) is 4.21. The summed E-state index contributed by atoms with van der Waals surface area (Å²) in [7, 11) is 0. The van der Waals surface area contributed by atoms with Crippen LogP contribution in [0.2, 0.25) is 0 Å². The molecule has 2 nitrogen and oxygen atoms in total. The minimum absolute atomic E-state index is 0.0400. The summed E-state index contributed by atoms with van der Waals surface area (Å²) >= 11 is 0. The van der Waals surface area contributed by atoms with Crippen molar-refractivity contribution in [1.82, 2.24) is 0 Å². The van der Waals surface area contributed by atoms with E-state index >= 15 is 0 Å². The van der Waals surface area contributed by atoms with Crippen LogP contribution in [0.15, 0.2) is 12.7 Å². The zero-order valence-electron chi connectivity index (χ0n) is 13.7. The molecule has 21 heavy (non-hydrogen) atoms. The molecule has 0 heterocycles. The number of ether oxygens (including phenoxy) is 1. The molecule has 0 aromatic carbocycles. The summed E-state index contributed by atoms with van der Waals surface area (Å²) in [6, 6.07) is 0. The van der Waals surface area contributed by atoms with Gasteiger partial charge in [-0.15, -0.1) is 6.58 Å². The summed E-state index contributed by atoms with van der Waals surface area (Å²) in [6.07, 6.45) is 15.0. The fraction of sp³-hybridized carbons (Fsp3) is 0.842. The Bertz CT molecular complexity index is 320. The van der Waals surface area contributed by atoms with Crippen LogP contribution in [0.5, 0.6) is 0 Å². The molecule has 2 fully saturated rings. The second kappa shape index (κ2) is 8.60. The maximum atomic E-state index is 11.7. The Hall–Kier alpha value is -0.790. The largest absolute Gasteiger partial charge is 0.462 e. The zero-order valence-corrected chi connectivity index (χ0v) is 13.7. The predicted molar refractivity (Wildman–Crippen MR) is 87.0 cm³/mol. The van der Waals surface area contributed by atoms with Gasteiger partial charge in [0.15, 0.2) is 0 Å². The Morgan fingerprint density at radius 3 is 2.14 bits per heavy atom. The Morgan fingerprint density at radius 1 is 1.05 bits per heavy atom. The molecule has 120 valence electrons. The Kier molecular flexibility index (Phi) is 6.79. The van der Waals surface area contributed by atoms with Crippen molar-refractivity contribution in [3.8, 4) is 0 Å². The third-order valence-electron chi connectivity index (χ3n) is 5.70. The van der Waals surface area contributed by atoms with E-state index in [0.29, 0.717) is 6.42 Å². The summed E-state index contributed by atoms with van der Waals surface area (Å²) < 4.78 is 5.58. The molecule has 2 saturated carbocycles. The first-order valence-corrected chi connectivity index (χ1v) is 9.03. The van der Waals surface area contributed by atoms with Gasteiger partial charge in [0.1, 0.15) is 6.10 Å². The van der Waals surface area contributed by atoms with Crippen molar-refractivity contribution >= 4 is 5.97 Å². The maximum Gasteiger partial charge on any atom is 0.306 e. The molecule has 0 aliphatic heterocycles. The molecule has 0 atom stereocenters. The van der Waals surface area contributed by atoms with Crippen molar-refractivity contribution < 1.29 is 9.53 Å². The lowest BCUT2D eigenvalue weighted by atomic mass is 9.70. The first kappa shape index (κ1) is 16.6. The highest BCUT2D eigenvalue weighted by Crippen LogP contribution is 2.41. The van der Waals surface area contributed by atoms with E-state index in [1.54, 1.807) is 6.08 Å². The average Bonchev–Trinajstić information content (AvgIpc) is 2.54. The molecule has 0 aromatic rings. The smallest absolute Gasteiger partial charge is 0.306 e.